The molecule has 0 unspecified atom stereocenters. The number of esters is 1. The van der Waals surface area contributed by atoms with Crippen molar-refractivity contribution in [2.45, 2.75) is 52.5 Å². The van der Waals surface area contributed by atoms with Crippen LogP contribution in [0.15, 0.2) is 0 Å². The highest BCUT2D eigenvalue weighted by molar-refractivity contribution is 7.17. The molecular weight excluding hydrogens is 360 g/mol. The molecule has 7 heteroatoms. The fraction of sp³-hybridized carbons (Fsp3) is 0.667. The first-order chi connectivity index (χ1) is 11.6. The number of nitrogens with zero attached hydrogens (tertiary/aromatic N) is 1. The van der Waals surface area contributed by atoms with Gasteiger partial charge in [-0.2, -0.15) is 0 Å². The molecule has 1 aromatic heterocycles. The highest BCUT2D eigenvalue weighted by Gasteiger charge is 2.31. The first-order valence-electron chi connectivity index (χ1n) is 8.98. The van der Waals surface area contributed by atoms with E-state index in [1.54, 1.807) is 11.3 Å². The van der Waals surface area contributed by atoms with Gasteiger partial charge in [0.2, 0.25) is 5.91 Å². The van der Waals surface area contributed by atoms with Crippen molar-refractivity contribution >= 4 is 40.6 Å². The standard InChI is InChI=1S/C18H26N2O3S.ClH/c1-3-20-10-9-13-14(11-20)24-17(15(13)18(22)23-4-2)19-16(21)12-7-5-6-8-12;/h12H,3-11H2,1-2H3,(H,19,21);1H. The van der Waals surface area contributed by atoms with E-state index in [2.05, 4.69) is 17.1 Å². The molecule has 1 aromatic rings. The van der Waals surface area contributed by atoms with Gasteiger partial charge in [-0.3, -0.25) is 9.69 Å². The van der Waals surface area contributed by atoms with Crippen LogP contribution < -0.4 is 5.32 Å². The summed E-state index contributed by atoms with van der Waals surface area (Å²) < 4.78 is 5.26. The quantitative estimate of drug-likeness (QED) is 0.781. The normalized spacial score (nSPS) is 17.7. The van der Waals surface area contributed by atoms with E-state index >= 15 is 0 Å². The number of thiophene rings is 1. The zero-order valence-electron chi connectivity index (χ0n) is 14.9. The van der Waals surface area contributed by atoms with Crippen molar-refractivity contribution in [1.82, 2.24) is 4.90 Å². The van der Waals surface area contributed by atoms with E-state index in [1.807, 2.05) is 6.92 Å². The third-order valence-electron chi connectivity index (χ3n) is 5.03. The molecule has 1 N–H and O–H groups in total. The third-order valence-corrected chi connectivity index (χ3v) is 6.16. The SMILES string of the molecule is CCOC(=O)c1c(NC(=O)C2CCCC2)sc2c1CCN(CC)C2.Cl. The molecule has 3 rings (SSSR count). The lowest BCUT2D eigenvalue weighted by atomic mass is 10.0. The number of fused-ring (bicyclic) bond motifs is 1. The Kier molecular flexibility index (Phi) is 7.28. The lowest BCUT2D eigenvalue weighted by Crippen LogP contribution is -2.30. The van der Waals surface area contributed by atoms with E-state index in [9.17, 15) is 9.59 Å². The van der Waals surface area contributed by atoms with Crippen molar-refractivity contribution in [3.8, 4) is 0 Å². The molecule has 0 aromatic carbocycles. The number of amides is 1. The van der Waals surface area contributed by atoms with Gasteiger partial charge in [0.1, 0.15) is 5.00 Å². The second kappa shape index (κ2) is 9.01. The van der Waals surface area contributed by atoms with E-state index < -0.39 is 0 Å². The van der Waals surface area contributed by atoms with Crippen molar-refractivity contribution in [2.24, 2.45) is 5.92 Å². The summed E-state index contributed by atoms with van der Waals surface area (Å²) in [5.41, 5.74) is 1.67. The summed E-state index contributed by atoms with van der Waals surface area (Å²) >= 11 is 1.55. The van der Waals surface area contributed by atoms with Gasteiger partial charge in [-0.1, -0.05) is 19.8 Å². The van der Waals surface area contributed by atoms with Gasteiger partial charge in [-0.05, 0) is 38.3 Å². The number of carbonyl (C=O) groups is 2. The van der Waals surface area contributed by atoms with Crippen LogP contribution in [0.25, 0.3) is 0 Å². The van der Waals surface area contributed by atoms with Gasteiger partial charge in [-0.25, -0.2) is 4.79 Å². The molecular formula is C18H27ClN2O3S. The lowest BCUT2D eigenvalue weighted by molar-refractivity contribution is -0.119. The predicted molar refractivity (Wildman–Crippen MR) is 103 cm³/mol. The molecule has 1 saturated carbocycles. The van der Waals surface area contributed by atoms with Gasteiger partial charge < -0.3 is 10.1 Å². The molecule has 25 heavy (non-hydrogen) atoms. The minimum atomic E-state index is -0.304. The van der Waals surface area contributed by atoms with E-state index in [-0.39, 0.29) is 30.2 Å². The van der Waals surface area contributed by atoms with E-state index in [4.69, 9.17) is 4.74 Å². The van der Waals surface area contributed by atoms with Gasteiger partial charge in [0, 0.05) is 23.9 Å². The Hall–Kier alpha value is -1.11. The average molecular weight is 387 g/mol. The molecule has 140 valence electrons. The number of carbonyl (C=O) groups excluding carboxylic acids is 2. The number of anilines is 1. The summed E-state index contributed by atoms with van der Waals surface area (Å²) in [5, 5.41) is 3.73. The predicted octanol–water partition coefficient (Wildman–Crippen LogP) is 3.85. The second-order valence-corrected chi connectivity index (χ2v) is 7.62. The van der Waals surface area contributed by atoms with E-state index in [0.29, 0.717) is 17.2 Å². The number of halogens is 1. The van der Waals surface area contributed by atoms with Gasteiger partial charge in [0.25, 0.3) is 0 Å². The molecule has 0 spiro atoms. The Labute approximate surface area is 159 Å². The number of ether oxygens (including phenoxy) is 1. The maximum absolute atomic E-state index is 12.5. The molecule has 5 nitrogen and oxygen atoms in total. The Bertz CT molecular complexity index is 626. The van der Waals surface area contributed by atoms with E-state index in [1.165, 1.54) is 4.88 Å². The van der Waals surface area contributed by atoms with Crippen molar-refractivity contribution in [3.05, 3.63) is 16.0 Å². The number of hydrogen-bond acceptors (Lipinski definition) is 5. The van der Waals surface area contributed by atoms with Crippen LogP contribution in [-0.4, -0.2) is 36.5 Å². The highest BCUT2D eigenvalue weighted by Crippen LogP contribution is 2.38. The maximum Gasteiger partial charge on any atom is 0.341 e. The van der Waals surface area contributed by atoms with Gasteiger partial charge in [0.15, 0.2) is 0 Å². The summed E-state index contributed by atoms with van der Waals surface area (Å²) in [4.78, 5) is 28.5. The van der Waals surface area contributed by atoms with Crippen LogP contribution in [-0.2, 0) is 22.5 Å². The Morgan fingerprint density at radius 2 is 2.00 bits per heavy atom. The third kappa shape index (κ3) is 4.36. The van der Waals surface area contributed by atoms with E-state index in [0.717, 1.165) is 57.3 Å². The van der Waals surface area contributed by atoms with Gasteiger partial charge in [-0.15, -0.1) is 23.7 Å². The second-order valence-electron chi connectivity index (χ2n) is 6.52. The van der Waals surface area contributed by atoms with Crippen molar-refractivity contribution < 1.29 is 14.3 Å². The molecule has 0 saturated heterocycles. The summed E-state index contributed by atoms with van der Waals surface area (Å²) in [6, 6.07) is 0. The van der Waals surface area contributed by atoms with Crippen LogP contribution in [0.5, 0.6) is 0 Å². The molecule has 0 atom stereocenters. The molecule has 2 heterocycles. The van der Waals surface area contributed by atoms with Crippen molar-refractivity contribution in [2.75, 3.05) is 25.0 Å². The van der Waals surface area contributed by atoms with Crippen LogP contribution in [0.2, 0.25) is 0 Å². The van der Waals surface area contributed by atoms with Crippen molar-refractivity contribution in [1.29, 1.82) is 0 Å². The van der Waals surface area contributed by atoms with Crippen molar-refractivity contribution in [3.63, 3.8) is 0 Å². The van der Waals surface area contributed by atoms with Crippen LogP contribution in [0.4, 0.5) is 5.00 Å². The summed E-state index contributed by atoms with van der Waals surface area (Å²) in [6.45, 7) is 7.10. The van der Waals surface area contributed by atoms with Gasteiger partial charge in [0.05, 0.1) is 12.2 Å². The molecule has 1 fully saturated rings. The van der Waals surface area contributed by atoms with Crippen LogP contribution in [0.3, 0.4) is 0 Å². The molecule has 0 bridgehead atoms. The summed E-state index contributed by atoms with van der Waals surface area (Å²) in [5.74, 6) is -0.156. The topological polar surface area (TPSA) is 58.6 Å². The fourth-order valence-corrected chi connectivity index (χ4v) is 4.92. The monoisotopic (exact) mass is 386 g/mol. The Morgan fingerprint density at radius 3 is 2.64 bits per heavy atom. The van der Waals surface area contributed by atoms with Gasteiger partial charge >= 0.3 is 5.97 Å². The molecule has 1 aliphatic carbocycles. The minimum absolute atomic E-state index is 0. The fourth-order valence-electron chi connectivity index (χ4n) is 3.64. The lowest BCUT2D eigenvalue weighted by Gasteiger charge is -2.25. The smallest absolute Gasteiger partial charge is 0.341 e. The first-order valence-corrected chi connectivity index (χ1v) is 9.80. The Balaban J connectivity index is 0.00000225. The number of rotatable bonds is 5. The number of likely N-dealkylation sites (N-methyl/N-ethyl adjacent to an activating group) is 1. The number of hydrogen-bond donors (Lipinski definition) is 1. The average Bonchev–Trinajstić information content (AvgIpc) is 3.21. The first kappa shape index (κ1) is 20.2. The largest absolute Gasteiger partial charge is 0.462 e. The number of nitrogens with one attached hydrogen (secondary N) is 1. The zero-order chi connectivity index (χ0) is 17.1. The van der Waals surface area contributed by atoms with Crippen LogP contribution >= 0.6 is 23.7 Å². The minimum Gasteiger partial charge on any atom is -0.462 e. The zero-order valence-corrected chi connectivity index (χ0v) is 16.6. The molecule has 2 aliphatic rings. The summed E-state index contributed by atoms with van der Waals surface area (Å²) in [6.07, 6.45) is 4.99. The highest BCUT2D eigenvalue weighted by atomic mass is 35.5. The van der Waals surface area contributed by atoms with Crippen LogP contribution in [0.1, 0.15) is 60.3 Å². The molecule has 0 radical (unpaired) electrons. The maximum atomic E-state index is 12.5. The molecule has 1 amide bonds. The van der Waals surface area contributed by atoms with Crippen LogP contribution in [0, 0.1) is 5.92 Å². The summed E-state index contributed by atoms with van der Waals surface area (Å²) in [7, 11) is 0. The Morgan fingerprint density at radius 1 is 1.28 bits per heavy atom. The molecule has 1 aliphatic heterocycles.